The molecule has 1 aromatic rings. The lowest BCUT2D eigenvalue weighted by molar-refractivity contribution is -0.0981. The second kappa shape index (κ2) is 4.44. The number of hydrogen-bond acceptors (Lipinski definition) is 3. The van der Waals surface area contributed by atoms with E-state index in [1.807, 2.05) is 13.0 Å². The van der Waals surface area contributed by atoms with Crippen molar-refractivity contribution in [2.45, 2.75) is 37.4 Å². The van der Waals surface area contributed by atoms with Crippen molar-refractivity contribution in [2.75, 3.05) is 19.1 Å². The molecule has 1 heterocycles. The zero-order valence-corrected chi connectivity index (χ0v) is 12.6. The highest BCUT2D eigenvalue weighted by molar-refractivity contribution is 8.30. The summed E-state index contributed by atoms with van der Waals surface area (Å²) in [5.41, 5.74) is 1.07. The number of nitrogens with two attached hydrogens (primary N) is 1. The molecular formula is C14H23NO2S. The van der Waals surface area contributed by atoms with Gasteiger partial charge in [0.25, 0.3) is 0 Å². The molecule has 0 fully saturated rings. The molecular weight excluding hydrogens is 246 g/mol. The molecule has 4 heteroatoms. The van der Waals surface area contributed by atoms with Gasteiger partial charge in [-0.15, -0.1) is 0 Å². The lowest BCUT2D eigenvalue weighted by Crippen LogP contribution is -2.34. The SMILES string of the molecule is CCOC1Oc2ccc(S(C)(C)N)cc2C1(C)C. The minimum Gasteiger partial charge on any atom is -0.464 e. The molecule has 0 aromatic heterocycles. The topological polar surface area (TPSA) is 44.5 Å². The Morgan fingerprint density at radius 1 is 1.39 bits per heavy atom. The highest BCUT2D eigenvalue weighted by atomic mass is 32.3. The Bertz CT molecular complexity index is 452. The zero-order valence-electron chi connectivity index (χ0n) is 11.8. The van der Waals surface area contributed by atoms with Gasteiger partial charge in [-0.1, -0.05) is 0 Å². The van der Waals surface area contributed by atoms with E-state index in [1.54, 1.807) is 0 Å². The number of benzene rings is 1. The first-order chi connectivity index (χ1) is 8.26. The van der Waals surface area contributed by atoms with E-state index in [-0.39, 0.29) is 11.7 Å². The van der Waals surface area contributed by atoms with E-state index in [2.05, 4.69) is 38.5 Å². The van der Waals surface area contributed by atoms with Gasteiger partial charge in [-0.05, 0) is 51.5 Å². The van der Waals surface area contributed by atoms with E-state index in [0.717, 1.165) is 5.75 Å². The Labute approximate surface area is 111 Å². The number of fused-ring (bicyclic) bond motifs is 1. The molecule has 2 N–H and O–H groups in total. The van der Waals surface area contributed by atoms with Crippen LogP contribution in [-0.2, 0) is 10.2 Å². The average Bonchev–Trinajstić information content (AvgIpc) is 2.50. The zero-order chi connectivity index (χ0) is 13.6. The third-order valence-electron chi connectivity index (χ3n) is 3.39. The Kier molecular flexibility index (Phi) is 3.38. The molecule has 0 radical (unpaired) electrons. The molecule has 1 atom stereocenters. The van der Waals surface area contributed by atoms with Crippen molar-refractivity contribution >= 4 is 10.2 Å². The quantitative estimate of drug-likeness (QED) is 0.917. The van der Waals surface area contributed by atoms with Crippen LogP contribution in [0, 0.1) is 0 Å². The molecule has 1 aliphatic heterocycles. The molecule has 0 amide bonds. The van der Waals surface area contributed by atoms with Gasteiger partial charge in [-0.25, -0.2) is 0 Å². The Morgan fingerprint density at radius 3 is 2.61 bits per heavy atom. The molecule has 0 bridgehead atoms. The largest absolute Gasteiger partial charge is 0.464 e. The fourth-order valence-corrected chi connectivity index (χ4v) is 3.07. The molecule has 18 heavy (non-hydrogen) atoms. The Balaban J connectivity index is 2.42. The number of ether oxygens (including phenoxy) is 2. The molecule has 0 spiro atoms. The summed E-state index contributed by atoms with van der Waals surface area (Å²) in [6.45, 7) is 6.95. The highest BCUT2D eigenvalue weighted by Gasteiger charge is 2.42. The maximum atomic E-state index is 6.24. The van der Waals surface area contributed by atoms with E-state index in [1.165, 1.54) is 10.5 Å². The van der Waals surface area contributed by atoms with E-state index in [4.69, 9.17) is 14.6 Å². The Hall–Kier alpha value is -0.710. The van der Waals surface area contributed by atoms with Gasteiger partial charge < -0.3 is 9.47 Å². The summed E-state index contributed by atoms with van der Waals surface area (Å²) in [5.74, 6) is 0.922. The van der Waals surface area contributed by atoms with Crippen LogP contribution in [0.3, 0.4) is 0 Å². The van der Waals surface area contributed by atoms with Gasteiger partial charge in [0, 0.05) is 17.1 Å². The maximum Gasteiger partial charge on any atom is 0.209 e. The molecule has 1 unspecified atom stereocenters. The molecule has 0 saturated carbocycles. The minimum atomic E-state index is -1.20. The number of rotatable bonds is 3. The average molecular weight is 269 g/mol. The van der Waals surface area contributed by atoms with Crippen LogP contribution in [0.5, 0.6) is 5.75 Å². The molecule has 1 aliphatic rings. The number of hydrogen-bond donors (Lipinski definition) is 1. The summed E-state index contributed by atoms with van der Waals surface area (Å²) in [6, 6.07) is 6.27. The standard InChI is InChI=1S/C14H23NO2S/c1-6-16-13-14(2,3)11-9-10(18(4,5)15)7-8-12(11)17-13/h7-9,13H,6,15H2,1-5H3. The second-order valence-corrected chi connectivity index (χ2v) is 8.97. The normalized spacial score (nSPS) is 22.4. The van der Waals surface area contributed by atoms with Gasteiger partial charge in [0.1, 0.15) is 5.75 Å². The van der Waals surface area contributed by atoms with Crippen molar-refractivity contribution in [1.82, 2.24) is 0 Å². The van der Waals surface area contributed by atoms with Crippen molar-refractivity contribution in [3.8, 4) is 5.75 Å². The molecule has 2 rings (SSSR count). The second-order valence-electron chi connectivity index (χ2n) is 5.69. The maximum absolute atomic E-state index is 6.24. The van der Waals surface area contributed by atoms with Gasteiger partial charge in [0.2, 0.25) is 6.29 Å². The van der Waals surface area contributed by atoms with Gasteiger partial charge in [-0.3, -0.25) is 5.14 Å². The van der Waals surface area contributed by atoms with Gasteiger partial charge >= 0.3 is 0 Å². The van der Waals surface area contributed by atoms with Crippen LogP contribution in [0.1, 0.15) is 26.3 Å². The molecule has 1 aromatic carbocycles. The highest BCUT2D eigenvalue weighted by Crippen LogP contribution is 2.48. The Morgan fingerprint density at radius 2 is 2.06 bits per heavy atom. The van der Waals surface area contributed by atoms with Gasteiger partial charge in [0.05, 0.1) is 5.41 Å². The van der Waals surface area contributed by atoms with Crippen LogP contribution < -0.4 is 9.88 Å². The van der Waals surface area contributed by atoms with E-state index in [0.29, 0.717) is 6.61 Å². The summed E-state index contributed by atoms with van der Waals surface area (Å²) in [6.07, 6.45) is 3.98. The molecule has 3 nitrogen and oxygen atoms in total. The molecule has 102 valence electrons. The molecule has 0 aliphatic carbocycles. The predicted molar refractivity (Wildman–Crippen MR) is 77.4 cm³/mol. The van der Waals surface area contributed by atoms with Crippen molar-refractivity contribution in [1.29, 1.82) is 0 Å². The van der Waals surface area contributed by atoms with Crippen LogP contribution in [0.15, 0.2) is 23.1 Å². The summed E-state index contributed by atoms with van der Waals surface area (Å²) in [7, 11) is -1.20. The lowest BCUT2D eigenvalue weighted by Gasteiger charge is -2.28. The summed E-state index contributed by atoms with van der Waals surface area (Å²) in [5, 5.41) is 6.24. The monoisotopic (exact) mass is 269 g/mol. The van der Waals surface area contributed by atoms with Crippen LogP contribution in [0.4, 0.5) is 0 Å². The smallest absolute Gasteiger partial charge is 0.209 e. The van der Waals surface area contributed by atoms with Gasteiger partial charge in [0.15, 0.2) is 0 Å². The van der Waals surface area contributed by atoms with Crippen LogP contribution in [0.2, 0.25) is 0 Å². The van der Waals surface area contributed by atoms with E-state index in [9.17, 15) is 0 Å². The minimum absolute atomic E-state index is 0.133. The third kappa shape index (κ3) is 2.25. The predicted octanol–water partition coefficient (Wildman–Crippen LogP) is 3.02. The lowest BCUT2D eigenvalue weighted by atomic mass is 9.85. The van der Waals surface area contributed by atoms with Crippen molar-refractivity contribution in [2.24, 2.45) is 5.14 Å². The summed E-state index contributed by atoms with van der Waals surface area (Å²) in [4.78, 5) is 1.20. The van der Waals surface area contributed by atoms with Crippen molar-refractivity contribution in [3.05, 3.63) is 23.8 Å². The fourth-order valence-electron chi connectivity index (χ4n) is 2.23. The van der Waals surface area contributed by atoms with Crippen LogP contribution >= 0.6 is 10.2 Å². The third-order valence-corrected chi connectivity index (χ3v) is 4.86. The summed E-state index contributed by atoms with van der Waals surface area (Å²) >= 11 is 0. The van der Waals surface area contributed by atoms with E-state index < -0.39 is 10.2 Å². The first-order valence-corrected chi connectivity index (χ1v) is 8.72. The summed E-state index contributed by atoms with van der Waals surface area (Å²) < 4.78 is 11.6. The van der Waals surface area contributed by atoms with Crippen LogP contribution in [0.25, 0.3) is 0 Å². The first-order valence-electron chi connectivity index (χ1n) is 6.20. The van der Waals surface area contributed by atoms with E-state index >= 15 is 0 Å². The van der Waals surface area contributed by atoms with Crippen LogP contribution in [-0.4, -0.2) is 25.4 Å². The van der Waals surface area contributed by atoms with Crippen molar-refractivity contribution < 1.29 is 9.47 Å². The first kappa shape index (κ1) is 13.7. The fraction of sp³-hybridized carbons (Fsp3) is 0.571. The molecule has 0 saturated heterocycles. The van der Waals surface area contributed by atoms with Gasteiger partial charge in [-0.2, -0.15) is 10.2 Å². The van der Waals surface area contributed by atoms with Crippen molar-refractivity contribution in [3.63, 3.8) is 0 Å².